The first-order chi connectivity index (χ1) is 4.35. The molecule has 10 heavy (non-hydrogen) atoms. The largest absolute Gasteiger partial charge is 0.145 e. The first-order valence-electron chi connectivity index (χ1n) is 3.76. The van der Waals surface area contributed by atoms with Crippen LogP contribution in [0.1, 0.15) is 27.7 Å². The van der Waals surface area contributed by atoms with Gasteiger partial charge in [0.25, 0.3) is 0 Å². The molecule has 1 rings (SSSR count). The maximum Gasteiger partial charge on any atom is 0.0347 e. The molecule has 1 nitrogen and oxygen atoms in total. The van der Waals surface area contributed by atoms with Crippen molar-refractivity contribution in [2.45, 2.75) is 27.7 Å². The molecule has 0 aromatic carbocycles. The van der Waals surface area contributed by atoms with Gasteiger partial charge in [-0.15, -0.1) is 9.60 Å². The van der Waals surface area contributed by atoms with E-state index >= 15 is 0 Å². The van der Waals surface area contributed by atoms with E-state index in [0.717, 1.165) is 5.12 Å². The summed E-state index contributed by atoms with van der Waals surface area (Å²) in [4.78, 5) is 0. The molecule has 0 amide bonds. The fourth-order valence-electron chi connectivity index (χ4n) is 1.34. The van der Waals surface area contributed by atoms with E-state index in [-0.39, 0.29) is 10.8 Å². The average Bonchev–Trinajstić information content (AvgIpc) is 1.73. The lowest BCUT2D eigenvalue weighted by molar-refractivity contribution is 0.0421. The van der Waals surface area contributed by atoms with E-state index in [0.29, 0.717) is 13.1 Å². The van der Waals surface area contributed by atoms with E-state index in [9.17, 15) is 4.48 Å². The van der Waals surface area contributed by atoms with Gasteiger partial charge in [0.15, 0.2) is 0 Å². The van der Waals surface area contributed by atoms with E-state index in [2.05, 4.69) is 27.7 Å². The van der Waals surface area contributed by atoms with Crippen LogP contribution < -0.4 is 0 Å². The van der Waals surface area contributed by atoms with Crippen molar-refractivity contribution in [1.29, 1.82) is 0 Å². The van der Waals surface area contributed by atoms with Crippen LogP contribution >= 0.6 is 0 Å². The van der Waals surface area contributed by atoms with Gasteiger partial charge < -0.3 is 0 Å². The van der Waals surface area contributed by atoms with E-state index in [1.165, 1.54) is 0 Å². The predicted molar refractivity (Wildman–Crippen MR) is 40.2 cm³/mol. The van der Waals surface area contributed by atoms with Crippen molar-refractivity contribution in [3.05, 3.63) is 0 Å². The minimum atomic E-state index is 0.113. The first-order valence-corrected chi connectivity index (χ1v) is 3.76. The summed E-state index contributed by atoms with van der Waals surface area (Å²) in [6, 6.07) is 0. The van der Waals surface area contributed by atoms with Crippen LogP contribution in [0.15, 0.2) is 0 Å². The topological polar surface area (TPSA) is 3.24 Å². The second-order valence-corrected chi connectivity index (χ2v) is 4.55. The Balaban J connectivity index is 2.78. The Kier molecular flexibility index (Phi) is 1.55. The summed E-state index contributed by atoms with van der Waals surface area (Å²) in [6.45, 7) is 9.61. The van der Waals surface area contributed by atoms with E-state index in [1.807, 2.05) is 0 Å². The zero-order valence-electron chi connectivity index (χ0n) is 7.24. The molecule has 0 atom stereocenters. The van der Waals surface area contributed by atoms with Gasteiger partial charge in [-0.1, -0.05) is 27.7 Å². The van der Waals surface area contributed by atoms with Crippen molar-refractivity contribution < 1.29 is 4.48 Å². The first kappa shape index (κ1) is 7.99. The van der Waals surface area contributed by atoms with Gasteiger partial charge in [0.1, 0.15) is 0 Å². The van der Waals surface area contributed by atoms with Crippen molar-refractivity contribution in [2.24, 2.45) is 10.8 Å². The molecule has 0 unspecified atom stereocenters. The molecule has 60 valence electrons. The number of hydrogen-bond donors (Lipinski definition) is 0. The minimum Gasteiger partial charge on any atom is -0.145 e. The molecule has 0 saturated carbocycles. The monoisotopic (exact) mass is 145 g/mol. The fraction of sp³-hybridized carbons (Fsp3) is 1.00. The van der Waals surface area contributed by atoms with Gasteiger partial charge in [-0.2, -0.15) is 0 Å². The standard InChI is InChI=1S/C8H16FN/c1-7(2)5-10(9)6-8(7,3)4/h5-6H2,1-4H3. The SMILES string of the molecule is CC1(C)CN(F)CC1(C)C. The third-order valence-corrected chi connectivity index (χ3v) is 2.97. The van der Waals surface area contributed by atoms with Crippen LogP contribution in [0, 0.1) is 10.8 Å². The summed E-state index contributed by atoms with van der Waals surface area (Å²) in [5.74, 6) is 0. The number of hydrogen-bond acceptors (Lipinski definition) is 1. The summed E-state index contributed by atoms with van der Waals surface area (Å²) in [5, 5.41) is 0.917. The third-order valence-electron chi connectivity index (χ3n) is 2.97. The third kappa shape index (κ3) is 1.05. The highest BCUT2D eigenvalue weighted by Gasteiger charge is 2.45. The Morgan fingerprint density at radius 2 is 1.30 bits per heavy atom. The van der Waals surface area contributed by atoms with Crippen molar-refractivity contribution in [3.8, 4) is 0 Å². The van der Waals surface area contributed by atoms with Crippen molar-refractivity contribution in [2.75, 3.05) is 13.1 Å². The maximum atomic E-state index is 12.7. The van der Waals surface area contributed by atoms with Crippen molar-refractivity contribution in [1.82, 2.24) is 5.12 Å². The second kappa shape index (κ2) is 1.94. The Bertz CT molecular complexity index is 124. The molecular weight excluding hydrogens is 129 g/mol. The summed E-state index contributed by atoms with van der Waals surface area (Å²) >= 11 is 0. The molecular formula is C8H16FN. The van der Waals surface area contributed by atoms with Crippen LogP contribution in [0.25, 0.3) is 0 Å². The van der Waals surface area contributed by atoms with Crippen LogP contribution in [0.3, 0.4) is 0 Å². The fourth-order valence-corrected chi connectivity index (χ4v) is 1.34. The lowest BCUT2D eigenvalue weighted by Crippen LogP contribution is -2.30. The van der Waals surface area contributed by atoms with E-state index < -0.39 is 0 Å². The minimum absolute atomic E-state index is 0.113. The Morgan fingerprint density at radius 1 is 1.00 bits per heavy atom. The van der Waals surface area contributed by atoms with Crippen molar-refractivity contribution in [3.63, 3.8) is 0 Å². The molecule has 0 spiro atoms. The van der Waals surface area contributed by atoms with Gasteiger partial charge in [0.2, 0.25) is 0 Å². The molecule has 0 aliphatic carbocycles. The highest BCUT2D eigenvalue weighted by molar-refractivity contribution is 4.94. The molecule has 1 aliphatic rings. The van der Waals surface area contributed by atoms with Gasteiger partial charge in [-0.3, -0.25) is 0 Å². The summed E-state index contributed by atoms with van der Waals surface area (Å²) in [6.07, 6.45) is 0. The molecule has 0 aromatic heterocycles. The van der Waals surface area contributed by atoms with Gasteiger partial charge in [-0.25, -0.2) is 0 Å². The highest BCUT2D eigenvalue weighted by atomic mass is 19.2. The zero-order chi connectivity index (χ0) is 7.99. The summed E-state index contributed by atoms with van der Waals surface area (Å²) in [5.41, 5.74) is 0.226. The maximum absolute atomic E-state index is 12.7. The van der Waals surface area contributed by atoms with Crippen LogP contribution in [-0.4, -0.2) is 18.2 Å². The highest BCUT2D eigenvalue weighted by Crippen LogP contribution is 2.44. The molecule has 0 bridgehead atoms. The molecule has 2 heteroatoms. The van der Waals surface area contributed by atoms with Gasteiger partial charge in [0.05, 0.1) is 0 Å². The molecule has 1 saturated heterocycles. The number of rotatable bonds is 0. The smallest absolute Gasteiger partial charge is 0.0347 e. The Labute approximate surface area is 62.1 Å². The summed E-state index contributed by atoms with van der Waals surface area (Å²) < 4.78 is 12.7. The summed E-state index contributed by atoms with van der Waals surface area (Å²) in [7, 11) is 0. The Morgan fingerprint density at radius 3 is 1.40 bits per heavy atom. The second-order valence-electron chi connectivity index (χ2n) is 4.55. The number of halogens is 1. The van der Waals surface area contributed by atoms with Gasteiger partial charge in [0, 0.05) is 13.1 Å². The number of nitrogens with zero attached hydrogens (tertiary/aromatic N) is 1. The quantitative estimate of drug-likeness (QED) is 0.472. The Hall–Kier alpha value is -0.110. The molecule has 1 aliphatic heterocycles. The molecule has 0 N–H and O–H groups in total. The van der Waals surface area contributed by atoms with Gasteiger partial charge in [-0.05, 0) is 10.8 Å². The molecule has 0 radical (unpaired) electrons. The predicted octanol–water partition coefficient (Wildman–Crippen LogP) is 2.24. The van der Waals surface area contributed by atoms with Crippen LogP contribution in [0.5, 0.6) is 0 Å². The van der Waals surface area contributed by atoms with E-state index in [1.54, 1.807) is 0 Å². The van der Waals surface area contributed by atoms with Crippen molar-refractivity contribution >= 4 is 0 Å². The molecule has 1 heterocycles. The molecule has 0 aromatic rings. The van der Waals surface area contributed by atoms with Gasteiger partial charge >= 0.3 is 0 Å². The van der Waals surface area contributed by atoms with Crippen LogP contribution in [-0.2, 0) is 0 Å². The average molecular weight is 145 g/mol. The zero-order valence-corrected chi connectivity index (χ0v) is 7.24. The normalized spacial score (nSPS) is 30.9. The lowest BCUT2D eigenvalue weighted by atomic mass is 9.71. The lowest BCUT2D eigenvalue weighted by Gasteiger charge is -2.32. The van der Waals surface area contributed by atoms with E-state index in [4.69, 9.17) is 0 Å². The molecule has 1 fully saturated rings. The van der Waals surface area contributed by atoms with Crippen LogP contribution in [0.2, 0.25) is 0 Å². The van der Waals surface area contributed by atoms with Crippen LogP contribution in [0.4, 0.5) is 4.48 Å².